The average Bonchev–Trinajstić information content (AvgIpc) is 3.24. The molecule has 1 aromatic carbocycles. The molecule has 38 heavy (non-hydrogen) atoms. The maximum absolute atomic E-state index is 13.1. The number of anilines is 1. The van der Waals surface area contributed by atoms with E-state index < -0.39 is 5.82 Å². The number of benzene rings is 1. The van der Waals surface area contributed by atoms with Gasteiger partial charge in [-0.05, 0) is 49.2 Å². The van der Waals surface area contributed by atoms with Gasteiger partial charge in [0, 0.05) is 12.1 Å². The molecular formula is C26H28FN7O3S. The van der Waals surface area contributed by atoms with Crippen LogP contribution in [0.4, 0.5) is 10.2 Å². The summed E-state index contributed by atoms with van der Waals surface area (Å²) in [5, 5.41) is 0. The van der Waals surface area contributed by atoms with Crippen molar-refractivity contribution < 1.29 is 18.6 Å². The molecule has 198 valence electrons. The Balaban J connectivity index is 1.78. The Labute approximate surface area is 224 Å². The molecule has 0 saturated heterocycles. The number of hydrogen-bond donors (Lipinski definition) is 3. The van der Waals surface area contributed by atoms with Crippen LogP contribution in [0.5, 0.6) is 17.4 Å². The van der Waals surface area contributed by atoms with Crippen LogP contribution in [0.15, 0.2) is 60.5 Å². The highest BCUT2D eigenvalue weighted by atomic mass is 32.2. The van der Waals surface area contributed by atoms with Gasteiger partial charge in [-0.1, -0.05) is 12.1 Å². The Morgan fingerprint density at radius 1 is 1.08 bits per heavy atom. The van der Waals surface area contributed by atoms with Gasteiger partial charge in [0.15, 0.2) is 11.6 Å². The number of nitrogens with one attached hydrogen (secondary N) is 1. The third-order valence-electron chi connectivity index (χ3n) is 5.30. The molecule has 3 heterocycles. The van der Waals surface area contributed by atoms with Crippen LogP contribution in [-0.2, 0) is 5.75 Å². The number of para-hydroxylation sites is 1. The van der Waals surface area contributed by atoms with Gasteiger partial charge >= 0.3 is 0 Å². The van der Waals surface area contributed by atoms with Crippen LogP contribution in [0.3, 0.4) is 0 Å². The van der Waals surface area contributed by atoms with Gasteiger partial charge in [-0.15, -0.1) is 0 Å². The molecule has 0 radical (unpaired) electrons. The van der Waals surface area contributed by atoms with Crippen molar-refractivity contribution in [3.8, 4) is 34.6 Å². The highest BCUT2D eigenvalue weighted by Gasteiger charge is 2.24. The van der Waals surface area contributed by atoms with E-state index in [1.165, 1.54) is 24.2 Å². The molecule has 0 fully saturated rings. The van der Waals surface area contributed by atoms with Crippen molar-refractivity contribution in [3.63, 3.8) is 0 Å². The van der Waals surface area contributed by atoms with Gasteiger partial charge in [-0.25, -0.2) is 14.4 Å². The van der Waals surface area contributed by atoms with Crippen LogP contribution in [-0.4, -0.2) is 40.3 Å². The van der Waals surface area contributed by atoms with Crippen LogP contribution >= 0.6 is 11.9 Å². The summed E-state index contributed by atoms with van der Waals surface area (Å²) >= 11 is 1.30. The summed E-state index contributed by atoms with van der Waals surface area (Å²) in [4.78, 5) is 13.3. The van der Waals surface area contributed by atoms with Gasteiger partial charge in [-0.3, -0.25) is 9.55 Å². The summed E-state index contributed by atoms with van der Waals surface area (Å²) in [5.74, 6) is 2.54. The van der Waals surface area contributed by atoms with Crippen molar-refractivity contribution in [2.45, 2.75) is 12.7 Å². The Bertz CT molecular complexity index is 1400. The lowest BCUT2D eigenvalue weighted by molar-refractivity contribution is 0.327. The molecule has 12 heteroatoms. The molecular weight excluding hydrogens is 509 g/mol. The topological polar surface area (TPSA) is 135 Å². The van der Waals surface area contributed by atoms with Crippen molar-refractivity contribution in [1.82, 2.24) is 24.2 Å². The molecule has 0 aliphatic rings. The number of ether oxygens (including phenoxy) is 3. The van der Waals surface area contributed by atoms with E-state index in [1.54, 1.807) is 37.0 Å². The van der Waals surface area contributed by atoms with Crippen LogP contribution in [0.25, 0.3) is 23.3 Å². The minimum absolute atomic E-state index is 0.214. The third kappa shape index (κ3) is 5.92. The summed E-state index contributed by atoms with van der Waals surface area (Å²) in [6, 6.07) is 13.8. The normalized spacial score (nSPS) is 11.3. The predicted octanol–water partition coefficient (Wildman–Crippen LogP) is 4.16. The van der Waals surface area contributed by atoms with Crippen LogP contribution in [0.2, 0.25) is 0 Å². The molecule has 0 aliphatic carbocycles. The van der Waals surface area contributed by atoms with Gasteiger partial charge in [-0.2, -0.15) is 0 Å². The number of pyridine rings is 2. The molecule has 0 amide bonds. The second kappa shape index (κ2) is 12.2. The van der Waals surface area contributed by atoms with Crippen molar-refractivity contribution in [2.75, 3.05) is 26.6 Å². The van der Waals surface area contributed by atoms with Gasteiger partial charge < -0.3 is 30.4 Å². The number of imidazole rings is 1. The number of halogens is 1. The molecule has 0 atom stereocenters. The van der Waals surface area contributed by atoms with Gasteiger partial charge in [0.25, 0.3) is 0 Å². The van der Waals surface area contributed by atoms with Gasteiger partial charge in [0.05, 0.1) is 44.2 Å². The minimum atomic E-state index is -0.390. The van der Waals surface area contributed by atoms with Crippen molar-refractivity contribution in [1.29, 1.82) is 0 Å². The SMILES string of the molecule is CCOc1cccc(-c2nc(N)c(/C=C(\N)NSCc3ccc(F)cn3)n2-c2c(OC)cccc2OC)n1. The highest BCUT2D eigenvalue weighted by molar-refractivity contribution is 7.96. The molecule has 4 aromatic rings. The Kier molecular flexibility index (Phi) is 8.54. The second-order valence-corrected chi connectivity index (χ2v) is 8.59. The van der Waals surface area contributed by atoms with Gasteiger partial charge in [0.2, 0.25) is 5.88 Å². The van der Waals surface area contributed by atoms with Gasteiger partial charge in [0.1, 0.15) is 34.5 Å². The molecule has 0 bridgehead atoms. The van der Waals surface area contributed by atoms with E-state index in [1.807, 2.05) is 37.3 Å². The zero-order chi connectivity index (χ0) is 27.1. The number of nitrogens with zero attached hydrogens (tertiary/aromatic N) is 4. The molecule has 5 N–H and O–H groups in total. The van der Waals surface area contributed by atoms with Crippen molar-refractivity contribution >= 4 is 23.8 Å². The molecule has 10 nitrogen and oxygen atoms in total. The Morgan fingerprint density at radius 2 is 1.82 bits per heavy atom. The van der Waals surface area contributed by atoms with Crippen LogP contribution in [0.1, 0.15) is 18.3 Å². The smallest absolute Gasteiger partial charge is 0.213 e. The lowest BCUT2D eigenvalue weighted by atomic mass is 10.2. The standard InChI is InChI=1S/C26H28FN7O3S/c1-4-37-23-10-5-7-18(31-23)26-32-25(29)19(34(26)24-20(35-2)8-6-9-21(24)36-3)13-22(28)33-38-15-17-12-11-16(27)14-30-17/h5-14,33H,4,15,28-29H2,1-3H3/b22-13+. The van der Waals surface area contributed by atoms with E-state index in [0.29, 0.717) is 64.2 Å². The zero-order valence-electron chi connectivity index (χ0n) is 21.1. The molecule has 4 rings (SSSR count). The number of rotatable bonds is 11. The quantitative estimate of drug-likeness (QED) is 0.239. The minimum Gasteiger partial charge on any atom is -0.494 e. The highest BCUT2D eigenvalue weighted by Crippen LogP contribution is 2.38. The molecule has 0 unspecified atom stereocenters. The van der Waals surface area contributed by atoms with E-state index in [4.69, 9.17) is 25.7 Å². The van der Waals surface area contributed by atoms with Crippen molar-refractivity contribution in [2.24, 2.45) is 5.73 Å². The van der Waals surface area contributed by atoms with Crippen LogP contribution < -0.4 is 30.4 Å². The average molecular weight is 538 g/mol. The maximum Gasteiger partial charge on any atom is 0.213 e. The first-order valence-corrected chi connectivity index (χ1v) is 12.6. The van der Waals surface area contributed by atoms with E-state index >= 15 is 0 Å². The summed E-state index contributed by atoms with van der Waals surface area (Å²) in [7, 11) is 3.13. The monoisotopic (exact) mass is 537 g/mol. The van der Waals surface area contributed by atoms with E-state index in [0.717, 1.165) is 0 Å². The third-order valence-corrected chi connectivity index (χ3v) is 6.12. The first-order chi connectivity index (χ1) is 18.4. The fourth-order valence-corrected chi connectivity index (χ4v) is 4.28. The molecule has 0 spiro atoms. The first-order valence-electron chi connectivity index (χ1n) is 11.6. The van der Waals surface area contributed by atoms with Crippen LogP contribution in [0, 0.1) is 5.82 Å². The number of methoxy groups -OCH3 is 2. The Hall–Kier alpha value is -4.45. The summed E-state index contributed by atoms with van der Waals surface area (Å²) in [6.45, 7) is 2.35. The van der Waals surface area contributed by atoms with E-state index in [2.05, 4.69) is 19.7 Å². The lowest BCUT2D eigenvalue weighted by Gasteiger charge is -2.18. The van der Waals surface area contributed by atoms with Crippen molar-refractivity contribution in [3.05, 3.63) is 77.8 Å². The molecule has 3 aromatic heterocycles. The van der Waals surface area contributed by atoms with E-state index in [-0.39, 0.29) is 5.82 Å². The molecule has 0 saturated carbocycles. The second-order valence-electron chi connectivity index (χ2n) is 7.80. The number of nitrogen functional groups attached to an aromatic ring is 1. The van der Waals surface area contributed by atoms with E-state index in [9.17, 15) is 4.39 Å². The largest absolute Gasteiger partial charge is 0.494 e. The fraction of sp³-hybridized carbons (Fsp3) is 0.192. The summed E-state index contributed by atoms with van der Waals surface area (Å²) < 4.78 is 34.9. The maximum atomic E-state index is 13.1. The fourth-order valence-electron chi connectivity index (χ4n) is 3.67. The summed E-state index contributed by atoms with van der Waals surface area (Å²) in [6.07, 6.45) is 2.83. The summed E-state index contributed by atoms with van der Waals surface area (Å²) in [5.41, 5.74) is 15.0. The predicted molar refractivity (Wildman–Crippen MR) is 146 cm³/mol. The Morgan fingerprint density at radius 3 is 2.47 bits per heavy atom. The molecule has 0 aliphatic heterocycles. The lowest BCUT2D eigenvalue weighted by Crippen LogP contribution is -2.14. The number of hydrogen-bond acceptors (Lipinski definition) is 10. The zero-order valence-corrected chi connectivity index (χ0v) is 22.0. The number of aromatic nitrogens is 4. The number of nitrogens with two attached hydrogens (primary N) is 2. The first kappa shape index (κ1) is 26.6.